The number of amides is 2. The summed E-state index contributed by atoms with van der Waals surface area (Å²) in [6.07, 6.45) is -3.42. The van der Waals surface area contributed by atoms with Gasteiger partial charge in [-0.05, 0) is 49.2 Å². The van der Waals surface area contributed by atoms with Crippen molar-refractivity contribution in [2.45, 2.75) is 39.0 Å². The highest BCUT2D eigenvalue weighted by Gasteiger charge is 2.35. The molecule has 0 aliphatic heterocycles. The van der Waals surface area contributed by atoms with Gasteiger partial charge in [0.05, 0.1) is 22.5 Å². The maximum absolute atomic E-state index is 13.4. The Kier molecular flexibility index (Phi) is 10.0. The van der Waals surface area contributed by atoms with Gasteiger partial charge in [0.1, 0.15) is 12.6 Å². The quantitative estimate of drug-likeness (QED) is 0.450. The van der Waals surface area contributed by atoms with E-state index in [2.05, 4.69) is 5.32 Å². The zero-order valence-electron chi connectivity index (χ0n) is 19.8. The first-order valence-corrected chi connectivity index (χ1v) is 13.4. The third kappa shape index (κ3) is 8.01. The Morgan fingerprint density at radius 1 is 1.11 bits per heavy atom. The van der Waals surface area contributed by atoms with Crippen LogP contribution >= 0.6 is 23.2 Å². The highest BCUT2D eigenvalue weighted by Crippen LogP contribution is 2.37. The van der Waals surface area contributed by atoms with Crippen LogP contribution < -0.4 is 9.62 Å². The zero-order valence-corrected chi connectivity index (χ0v) is 22.1. The van der Waals surface area contributed by atoms with Crippen molar-refractivity contribution in [1.29, 1.82) is 0 Å². The molecule has 1 atom stereocenters. The molecule has 2 rings (SSSR count). The van der Waals surface area contributed by atoms with Gasteiger partial charge in [-0.25, -0.2) is 8.42 Å². The van der Waals surface area contributed by atoms with Gasteiger partial charge in [-0.3, -0.25) is 13.9 Å². The summed E-state index contributed by atoms with van der Waals surface area (Å²) in [6.45, 7) is 2.76. The topological polar surface area (TPSA) is 86.8 Å². The molecule has 1 N–H and O–H groups in total. The minimum Gasteiger partial charge on any atom is -0.354 e. The van der Waals surface area contributed by atoms with Crippen molar-refractivity contribution < 1.29 is 31.2 Å². The van der Waals surface area contributed by atoms with Gasteiger partial charge < -0.3 is 10.2 Å². The monoisotopic (exact) mass is 567 g/mol. The number of carbonyl (C=O) groups excluding carboxylic acids is 2. The van der Waals surface area contributed by atoms with E-state index >= 15 is 0 Å². The number of hydrogen-bond donors (Lipinski definition) is 1. The second-order valence-corrected chi connectivity index (χ2v) is 10.8. The maximum atomic E-state index is 13.4. The number of alkyl halides is 3. The molecule has 0 spiro atoms. The molecule has 2 amide bonds. The smallest absolute Gasteiger partial charge is 0.354 e. The summed E-state index contributed by atoms with van der Waals surface area (Å²) < 4.78 is 65.7. The van der Waals surface area contributed by atoms with Crippen molar-refractivity contribution in [3.8, 4) is 0 Å². The van der Waals surface area contributed by atoms with Crippen molar-refractivity contribution in [2.75, 3.05) is 23.7 Å². The van der Waals surface area contributed by atoms with Crippen LogP contribution in [0.4, 0.5) is 18.9 Å². The summed E-state index contributed by atoms with van der Waals surface area (Å²) in [6, 6.07) is 8.07. The van der Waals surface area contributed by atoms with E-state index in [0.717, 1.165) is 23.3 Å². The Labute approximate surface area is 218 Å². The number of nitrogens with zero attached hydrogens (tertiary/aromatic N) is 2. The number of anilines is 1. The van der Waals surface area contributed by atoms with E-state index in [-0.39, 0.29) is 6.54 Å². The molecule has 0 aliphatic carbocycles. The Morgan fingerprint density at radius 3 is 2.33 bits per heavy atom. The number of hydrogen-bond acceptors (Lipinski definition) is 4. The van der Waals surface area contributed by atoms with E-state index in [1.165, 1.54) is 6.92 Å². The van der Waals surface area contributed by atoms with Crippen LogP contribution in [0.15, 0.2) is 42.5 Å². The van der Waals surface area contributed by atoms with Crippen molar-refractivity contribution in [2.24, 2.45) is 0 Å². The lowest BCUT2D eigenvalue weighted by molar-refractivity contribution is -0.139. The molecule has 0 heterocycles. The van der Waals surface area contributed by atoms with Gasteiger partial charge in [-0.1, -0.05) is 42.3 Å². The van der Waals surface area contributed by atoms with E-state index < -0.39 is 56.9 Å². The zero-order chi connectivity index (χ0) is 27.3. The Balaban J connectivity index is 2.46. The molecule has 1 unspecified atom stereocenters. The van der Waals surface area contributed by atoms with E-state index in [1.54, 1.807) is 24.3 Å². The van der Waals surface area contributed by atoms with Gasteiger partial charge in [0.2, 0.25) is 21.8 Å². The first-order valence-electron chi connectivity index (χ1n) is 10.8. The minimum absolute atomic E-state index is 0.0911. The molecular formula is C23H26Cl2F3N3O4S. The predicted octanol–water partition coefficient (Wildman–Crippen LogP) is 4.72. The molecular weight excluding hydrogens is 542 g/mol. The Hall–Kier alpha value is -2.50. The summed E-state index contributed by atoms with van der Waals surface area (Å²) in [5.41, 5.74) is -1.07. The largest absolute Gasteiger partial charge is 0.417 e. The first kappa shape index (κ1) is 29.7. The molecule has 2 aromatic carbocycles. The van der Waals surface area contributed by atoms with Gasteiger partial charge in [-0.2, -0.15) is 13.2 Å². The lowest BCUT2D eigenvalue weighted by atomic mass is 10.1. The third-order valence-electron chi connectivity index (χ3n) is 5.18. The molecule has 0 fully saturated rings. The Bertz CT molecular complexity index is 1210. The molecule has 0 radical (unpaired) electrons. The van der Waals surface area contributed by atoms with Crippen LogP contribution in [0.25, 0.3) is 0 Å². The van der Waals surface area contributed by atoms with Crippen LogP contribution in [0.1, 0.15) is 31.4 Å². The standard InChI is InChI=1S/C23H26Cl2F3N3O4S/c1-4-10-29-22(33)15(2)30(13-16-6-5-7-17(24)11-16)21(32)14-31(36(3,34)35)18-8-9-20(25)19(12-18)23(26,27)28/h5-9,11-12,15H,4,10,13-14H2,1-3H3,(H,29,33). The van der Waals surface area contributed by atoms with Crippen molar-refractivity contribution >= 4 is 50.7 Å². The minimum atomic E-state index is -4.84. The van der Waals surface area contributed by atoms with Crippen LogP contribution in [0.3, 0.4) is 0 Å². The first-order chi connectivity index (χ1) is 16.6. The van der Waals surface area contributed by atoms with E-state index in [1.807, 2.05) is 6.92 Å². The average Bonchev–Trinajstić information content (AvgIpc) is 2.78. The summed E-state index contributed by atoms with van der Waals surface area (Å²) in [4.78, 5) is 27.2. The lowest BCUT2D eigenvalue weighted by Crippen LogP contribution is -2.51. The molecule has 13 heteroatoms. The maximum Gasteiger partial charge on any atom is 0.417 e. The number of rotatable bonds is 10. The van der Waals surface area contributed by atoms with Crippen LogP contribution in [-0.2, 0) is 32.3 Å². The van der Waals surface area contributed by atoms with Crippen molar-refractivity contribution in [3.63, 3.8) is 0 Å². The summed E-state index contributed by atoms with van der Waals surface area (Å²) in [5, 5.41) is 2.45. The van der Waals surface area contributed by atoms with Crippen LogP contribution in [0, 0.1) is 0 Å². The molecule has 0 bridgehead atoms. The van der Waals surface area contributed by atoms with Gasteiger partial charge in [0.25, 0.3) is 0 Å². The molecule has 36 heavy (non-hydrogen) atoms. The number of nitrogens with one attached hydrogen (secondary N) is 1. The number of benzene rings is 2. The summed E-state index contributed by atoms with van der Waals surface area (Å²) in [7, 11) is -4.21. The van der Waals surface area contributed by atoms with E-state index in [9.17, 15) is 31.2 Å². The molecule has 0 saturated carbocycles. The average molecular weight is 568 g/mol. The molecule has 0 aliphatic rings. The van der Waals surface area contributed by atoms with Gasteiger partial charge in [-0.15, -0.1) is 0 Å². The van der Waals surface area contributed by atoms with Crippen LogP contribution in [0.2, 0.25) is 10.0 Å². The number of sulfonamides is 1. The second kappa shape index (κ2) is 12.2. The Morgan fingerprint density at radius 2 is 1.78 bits per heavy atom. The van der Waals surface area contributed by atoms with Gasteiger partial charge in [0, 0.05) is 18.1 Å². The number of carbonyl (C=O) groups is 2. The summed E-state index contributed by atoms with van der Waals surface area (Å²) in [5.74, 6) is -1.27. The second-order valence-electron chi connectivity index (χ2n) is 8.05. The van der Waals surface area contributed by atoms with Crippen LogP contribution in [0.5, 0.6) is 0 Å². The number of halogens is 5. The predicted molar refractivity (Wildman–Crippen MR) is 133 cm³/mol. The molecule has 198 valence electrons. The van der Waals surface area contributed by atoms with E-state index in [0.29, 0.717) is 33.9 Å². The fourth-order valence-electron chi connectivity index (χ4n) is 3.31. The highest BCUT2D eigenvalue weighted by molar-refractivity contribution is 7.92. The SMILES string of the molecule is CCCNC(=O)C(C)N(Cc1cccc(Cl)c1)C(=O)CN(c1ccc(Cl)c(C(F)(F)F)c1)S(C)(=O)=O. The molecule has 2 aromatic rings. The molecule has 0 aromatic heterocycles. The van der Waals surface area contributed by atoms with Crippen LogP contribution in [-0.4, -0.2) is 50.5 Å². The van der Waals surface area contributed by atoms with Gasteiger partial charge >= 0.3 is 6.18 Å². The lowest BCUT2D eigenvalue weighted by Gasteiger charge is -2.31. The van der Waals surface area contributed by atoms with Gasteiger partial charge in [0.15, 0.2) is 0 Å². The fraction of sp³-hybridized carbons (Fsp3) is 0.391. The van der Waals surface area contributed by atoms with E-state index in [4.69, 9.17) is 23.2 Å². The molecule has 7 nitrogen and oxygen atoms in total. The fourth-order valence-corrected chi connectivity index (χ4v) is 4.59. The van der Waals surface area contributed by atoms with Crippen molar-refractivity contribution in [1.82, 2.24) is 10.2 Å². The van der Waals surface area contributed by atoms with Crippen molar-refractivity contribution in [3.05, 3.63) is 63.6 Å². The highest BCUT2D eigenvalue weighted by atomic mass is 35.5. The summed E-state index contributed by atoms with van der Waals surface area (Å²) >= 11 is 11.7. The normalized spacial score (nSPS) is 12.7. The molecule has 0 saturated heterocycles. The third-order valence-corrected chi connectivity index (χ3v) is 6.89.